The number of hydrogen-bond acceptors (Lipinski definition) is 20. The molecule has 0 aromatic heterocycles. The third kappa shape index (κ3) is 28.4. The Bertz CT molecular complexity index is 5430. The van der Waals surface area contributed by atoms with Crippen molar-refractivity contribution in [2.24, 2.45) is 11.8 Å². The first-order chi connectivity index (χ1) is 71.7. The number of carbonyl (C=O) groups excluding carboxylic acids is 9. The third-order valence-electron chi connectivity index (χ3n) is 31.4. The van der Waals surface area contributed by atoms with Crippen molar-refractivity contribution in [1.82, 2.24) is 49.4 Å². The van der Waals surface area contributed by atoms with Crippen molar-refractivity contribution < 1.29 is 102 Å². The molecule has 0 aliphatic carbocycles. The molecule has 9 N–H and O–H groups in total. The van der Waals surface area contributed by atoms with E-state index in [1.54, 1.807) is 20.8 Å². The van der Waals surface area contributed by atoms with E-state index in [-0.39, 0.29) is 80.5 Å². The Morgan fingerprint density at radius 3 is 1.19 bits per heavy atom. The first-order valence-electron chi connectivity index (χ1n) is 53.1. The van der Waals surface area contributed by atoms with Crippen LogP contribution in [-0.4, -0.2) is 273 Å². The molecule has 29 nitrogen and oxygen atoms in total. The van der Waals surface area contributed by atoms with Crippen LogP contribution in [0.5, 0.6) is 0 Å². The summed E-state index contributed by atoms with van der Waals surface area (Å²) in [6.45, 7) is 24.6. The molecule has 3 atom stereocenters. The minimum absolute atomic E-state index is 0.0559. The molecule has 12 heterocycles. The lowest BCUT2D eigenvalue weighted by Gasteiger charge is -2.44. The number of fused-ring (bicyclic) bond motifs is 6. The monoisotopic (exact) mass is 2250 g/mol. The number of nitrogen functional groups attached to an aromatic ring is 2. The summed E-state index contributed by atoms with van der Waals surface area (Å²) in [4.78, 5) is 137. The maximum atomic E-state index is 14.1. The highest BCUT2D eigenvalue weighted by Gasteiger charge is 2.51. The van der Waals surface area contributed by atoms with E-state index < -0.39 is 123 Å². The van der Waals surface area contributed by atoms with Crippen LogP contribution in [0.25, 0.3) is 0 Å². The Morgan fingerprint density at radius 1 is 0.433 bits per heavy atom. The van der Waals surface area contributed by atoms with E-state index in [9.17, 15) is 82.7 Å². The first-order valence-corrected chi connectivity index (χ1v) is 55.1. The van der Waals surface area contributed by atoms with Gasteiger partial charge in [0, 0.05) is 192 Å². The fraction of sp³-hybridized carbons (Fsp3) is 0.587. The van der Waals surface area contributed by atoms with Gasteiger partial charge in [-0.3, -0.25) is 34.2 Å². The molecule has 9 amide bonds. The van der Waals surface area contributed by atoms with Gasteiger partial charge in [-0.05, 0) is 269 Å². The molecule has 6 aromatic rings. The quantitative estimate of drug-likeness (QED) is 0.0269. The molecule has 822 valence electrons. The lowest BCUT2D eigenvalue weighted by Crippen LogP contribution is -2.53. The van der Waals surface area contributed by atoms with Crippen LogP contribution in [0.3, 0.4) is 0 Å². The van der Waals surface area contributed by atoms with E-state index >= 15 is 0 Å². The molecule has 12 aliphatic rings. The van der Waals surface area contributed by atoms with E-state index in [4.69, 9.17) is 42.0 Å². The van der Waals surface area contributed by atoms with E-state index in [1.807, 2.05) is 108 Å². The highest BCUT2D eigenvalue weighted by Crippen LogP contribution is 2.51. The van der Waals surface area contributed by atoms with Gasteiger partial charge in [0.05, 0.1) is 44.5 Å². The number of anilines is 6. The molecule has 12 aliphatic heterocycles. The van der Waals surface area contributed by atoms with Gasteiger partial charge in [-0.1, -0.05) is 114 Å². The number of ether oxygens (including phenoxy) is 4. The van der Waals surface area contributed by atoms with Gasteiger partial charge in [0.1, 0.15) is 5.60 Å². The van der Waals surface area contributed by atoms with Gasteiger partial charge in [0.15, 0.2) is 18.3 Å². The second-order valence-corrected chi connectivity index (χ2v) is 42.4. The Kier molecular flexibility index (Phi) is 40.5. The Morgan fingerprint density at radius 2 is 0.787 bits per heavy atom. The topological polar surface area (TPSA) is 332 Å². The number of rotatable bonds is 16. The zero-order valence-corrected chi connectivity index (χ0v) is 90.8. The van der Waals surface area contributed by atoms with Crippen LogP contribution < -0.4 is 38.1 Å². The first kappa shape index (κ1) is 117. The number of nitrogens with one attached hydrogen (secondary N) is 5. The number of nitrogens with zero attached hydrogens (tertiary/aromatic N) is 9. The smallest absolute Gasteiger partial charge is 0.418 e. The Balaban J connectivity index is 0.000000183. The summed E-state index contributed by atoms with van der Waals surface area (Å²) in [5, 5.41) is 14.3. The lowest BCUT2D eigenvalue weighted by molar-refractivity contribution is -0.143. The highest BCUT2D eigenvalue weighted by molar-refractivity contribution is 9.11. The maximum Gasteiger partial charge on any atom is 0.418 e. The average molecular weight is 2250 g/mol. The van der Waals surface area contributed by atoms with Crippen molar-refractivity contribution in [1.29, 1.82) is 0 Å². The van der Waals surface area contributed by atoms with E-state index in [2.05, 4.69) is 80.2 Å². The number of likely N-dealkylation sites (N-methyl/N-ethyl adjacent to an activating group) is 1. The minimum Gasteiger partial charge on any atom is -0.438 e. The zero-order chi connectivity index (χ0) is 108. The van der Waals surface area contributed by atoms with E-state index in [0.717, 1.165) is 156 Å². The number of carbonyl (C=O) groups is 9. The Labute approximate surface area is 894 Å². The molecule has 6 aromatic carbocycles. The van der Waals surface area contributed by atoms with Gasteiger partial charge in [0.2, 0.25) is 11.8 Å². The number of halogens is 12. The van der Waals surface area contributed by atoms with E-state index in [0.29, 0.717) is 146 Å². The van der Waals surface area contributed by atoms with Crippen molar-refractivity contribution in [2.75, 3.05) is 178 Å². The second kappa shape index (κ2) is 52.0. The van der Waals surface area contributed by atoms with Gasteiger partial charge in [-0.15, -0.1) is 0 Å². The average Bonchev–Trinajstić information content (AvgIpc) is 0.778. The molecule has 150 heavy (non-hydrogen) atoms. The standard InChI is InChI=1S/C35H44ClF3N6O5.2C34H41BrF3N5O4.3C2H6/c1-40-30-26(35(37,38)39)20-23(21-27(30)36)22-29(31(46)44-14-8-24(9-15-44)43-13-5-12-42(2)18-19-43)49-33(48)45-16-10-34(11-17-45)25-6-3-4-7-28(25)41-32(47)50-34;35-26-19-22(18-25(30(26)39)34(36,37)38)20-28(31(45)42-14-8-23(9-15-42)41-12-4-1-5-13-41)47-32(46)43-16-10-33(11-17-43)21-29(44)40-27-7-3-2-6-24(27)33;35-26-18-21(17-25(30(26)39)34(36,37)38)19-28(31(45)42-13-7-23(8-14-42)22-5-11-40-12-6-22)47-32(46)43-15-9-33(10-16-43)20-29(44)41-27-4-2-1-3-24(27)33;3*1-2/h3-4,6-7,20-21,24,29,40H,5,8-19,22H2,1-2H3,(H,41,47);2-3,6-7,18-19,23,28H,1,4-5,8-17,20-21,39H2,(H,40,44);1-4,17-18,22-23,28,40H,5-16,19-20,39H2,(H,41,44);3*1-2H3/t29-;2*28-;;;/m111.../s1. The predicted molar refractivity (Wildman–Crippen MR) is 566 cm³/mol. The lowest BCUT2D eigenvalue weighted by atomic mass is 9.68. The van der Waals surface area contributed by atoms with Crippen LogP contribution in [0.2, 0.25) is 5.02 Å². The number of para-hydroxylation sites is 3. The Hall–Kier alpha value is -10.4. The van der Waals surface area contributed by atoms with Gasteiger partial charge in [-0.25, -0.2) is 19.2 Å². The van der Waals surface area contributed by atoms with Crippen LogP contribution in [0.15, 0.2) is 118 Å². The van der Waals surface area contributed by atoms with Crippen molar-refractivity contribution in [3.05, 3.63) is 173 Å². The van der Waals surface area contributed by atoms with Crippen molar-refractivity contribution in [2.45, 2.75) is 255 Å². The third-order valence-corrected chi connectivity index (χ3v) is 33.0. The number of likely N-dealkylation sites (tertiary alicyclic amines) is 7. The summed E-state index contributed by atoms with van der Waals surface area (Å²) in [7, 11) is 3.47. The number of nitrogens with two attached hydrogens (primary N) is 2. The largest absolute Gasteiger partial charge is 0.438 e. The number of benzene rings is 6. The maximum absolute atomic E-state index is 14.1. The molecule has 3 spiro atoms. The van der Waals surface area contributed by atoms with Crippen LogP contribution in [0, 0.1) is 11.8 Å². The fourth-order valence-electron chi connectivity index (χ4n) is 23.4. The highest BCUT2D eigenvalue weighted by atomic mass is 79.9. The molecule has 0 bridgehead atoms. The summed E-state index contributed by atoms with van der Waals surface area (Å²) in [5.41, 5.74) is 11.2. The zero-order valence-electron chi connectivity index (χ0n) is 86.9. The van der Waals surface area contributed by atoms with Crippen LogP contribution in [-0.2, 0) is 97.1 Å². The van der Waals surface area contributed by atoms with Gasteiger partial charge < -0.3 is 90.9 Å². The van der Waals surface area contributed by atoms with Gasteiger partial charge in [0.25, 0.3) is 17.7 Å². The molecule has 0 radical (unpaired) electrons. The summed E-state index contributed by atoms with van der Waals surface area (Å²) >= 11 is 12.5. The van der Waals surface area contributed by atoms with E-state index in [1.165, 1.54) is 59.2 Å². The number of alkyl halides is 9. The van der Waals surface area contributed by atoms with Crippen molar-refractivity contribution >= 4 is 131 Å². The number of hydrogen-bond donors (Lipinski definition) is 7. The predicted octanol–water partition coefficient (Wildman–Crippen LogP) is 20.4. The normalized spacial score (nSPS) is 20.5. The van der Waals surface area contributed by atoms with Gasteiger partial charge >= 0.3 is 42.9 Å². The minimum atomic E-state index is -4.71. The summed E-state index contributed by atoms with van der Waals surface area (Å²) in [5.74, 6) is -0.288. The summed E-state index contributed by atoms with van der Waals surface area (Å²) < 4.78 is 149. The fourth-order valence-corrected chi connectivity index (χ4v) is 24.8. The summed E-state index contributed by atoms with van der Waals surface area (Å²) in [6, 6.07) is 30.5. The van der Waals surface area contributed by atoms with Crippen LogP contribution in [0.4, 0.5) is 92.8 Å². The molecule has 0 unspecified atom stereocenters. The molecule has 41 heteroatoms. The van der Waals surface area contributed by atoms with Crippen molar-refractivity contribution in [3.63, 3.8) is 0 Å². The number of amides is 9. The molecular weight excluding hydrogens is 2110 g/mol. The molecule has 9 fully saturated rings. The second-order valence-electron chi connectivity index (χ2n) is 40.3. The van der Waals surface area contributed by atoms with Gasteiger partial charge in [-0.2, -0.15) is 39.5 Å². The summed E-state index contributed by atoms with van der Waals surface area (Å²) in [6.07, 6.45) is -6.56. The molecular formula is C109H144Br2ClF9N16O13. The van der Waals surface area contributed by atoms with Crippen LogP contribution >= 0.6 is 43.5 Å². The van der Waals surface area contributed by atoms with Crippen molar-refractivity contribution in [3.8, 4) is 0 Å². The molecule has 18 rings (SSSR count). The molecule has 0 saturated carbocycles. The van der Waals surface area contributed by atoms with Crippen LogP contribution in [0.1, 0.15) is 220 Å². The number of piperidine rings is 8. The SMILES string of the molecule is CC.CC.CC.CNc1c(Cl)cc(C[C@@H](OC(=O)N2CCC3(CC2)OC(=O)Nc2ccccc23)C(=O)N2CCC(N3CCCN(C)CC3)CC2)cc1C(F)(F)F.Nc1c(Br)cc(C[C@@H](OC(=O)N2CCC3(CC2)CC(=O)Nc2ccccc23)C(=O)N2CCC(C3CCNCC3)CC2)cc1C(F)(F)F.Nc1c(Br)cc(C[C@@H](OC(=O)N2CCC3(CC2)CC(=O)Nc2ccccc23)C(=O)N2CCC(N3CCCCC3)CC2)cc1C(F)(F)F. The molecule has 9 saturated heterocycles.